The number of benzene rings is 1. The molecule has 106 valence electrons. The average Bonchev–Trinajstić information content (AvgIpc) is 2.53. The summed E-state index contributed by atoms with van der Waals surface area (Å²) in [7, 11) is 0. The Bertz CT molecular complexity index is 472. The first-order valence-electron chi connectivity index (χ1n) is 7.24. The molecule has 0 N–H and O–H groups in total. The van der Waals surface area contributed by atoms with Crippen molar-refractivity contribution in [1.29, 1.82) is 5.26 Å². The van der Waals surface area contributed by atoms with Gasteiger partial charge in [-0.2, -0.15) is 5.26 Å². The minimum absolute atomic E-state index is 0.00558. The molecule has 4 nitrogen and oxygen atoms in total. The Balaban J connectivity index is 1.91. The van der Waals surface area contributed by atoms with Gasteiger partial charge < -0.3 is 4.90 Å². The van der Waals surface area contributed by atoms with Crippen LogP contribution in [0.5, 0.6) is 0 Å². The van der Waals surface area contributed by atoms with Gasteiger partial charge in [-0.25, -0.2) is 0 Å². The van der Waals surface area contributed by atoms with Gasteiger partial charge >= 0.3 is 0 Å². The quantitative estimate of drug-likeness (QED) is 0.843. The number of rotatable bonds is 4. The van der Waals surface area contributed by atoms with E-state index in [0.29, 0.717) is 13.1 Å². The van der Waals surface area contributed by atoms with Crippen molar-refractivity contribution in [3.05, 3.63) is 35.9 Å². The van der Waals surface area contributed by atoms with Gasteiger partial charge in [0.05, 0.1) is 12.1 Å². The molecule has 0 radical (unpaired) electrons. The zero-order valence-corrected chi connectivity index (χ0v) is 12.0. The van der Waals surface area contributed by atoms with Crippen LogP contribution < -0.4 is 0 Å². The van der Waals surface area contributed by atoms with Crippen LogP contribution >= 0.6 is 0 Å². The number of amides is 1. The number of carbonyl (C=O) groups is 1. The highest BCUT2D eigenvalue weighted by Gasteiger charge is 2.25. The summed E-state index contributed by atoms with van der Waals surface area (Å²) in [5, 5.41) is 9.19. The smallest absolute Gasteiger partial charge is 0.253 e. The van der Waals surface area contributed by atoms with Gasteiger partial charge in [0.15, 0.2) is 0 Å². The van der Waals surface area contributed by atoms with E-state index in [4.69, 9.17) is 0 Å². The standard InChI is InChI=1S/C16H21N3O/c1-2-6-15(13-17)18-9-11-19(12-10-18)16(20)14-7-4-3-5-8-14/h3-5,7-8,15H,2,6,9-12H2,1H3. The summed E-state index contributed by atoms with van der Waals surface area (Å²) in [5.74, 6) is 0.0919. The molecular formula is C16H21N3O. The van der Waals surface area contributed by atoms with Gasteiger partial charge in [-0.1, -0.05) is 31.5 Å². The van der Waals surface area contributed by atoms with Crippen molar-refractivity contribution in [3.63, 3.8) is 0 Å². The molecule has 1 heterocycles. The molecule has 1 fully saturated rings. The monoisotopic (exact) mass is 271 g/mol. The fourth-order valence-corrected chi connectivity index (χ4v) is 2.60. The van der Waals surface area contributed by atoms with E-state index in [2.05, 4.69) is 17.9 Å². The fraction of sp³-hybridized carbons (Fsp3) is 0.500. The molecule has 1 aliphatic rings. The second-order valence-corrected chi connectivity index (χ2v) is 5.13. The van der Waals surface area contributed by atoms with Crippen molar-refractivity contribution in [2.75, 3.05) is 26.2 Å². The first-order valence-corrected chi connectivity index (χ1v) is 7.24. The number of hydrogen-bond donors (Lipinski definition) is 0. The average molecular weight is 271 g/mol. The molecule has 1 aliphatic heterocycles. The molecule has 1 amide bonds. The van der Waals surface area contributed by atoms with Gasteiger partial charge in [0.25, 0.3) is 5.91 Å². The molecule has 0 saturated carbocycles. The van der Waals surface area contributed by atoms with Crippen LogP contribution in [-0.4, -0.2) is 47.9 Å². The molecular weight excluding hydrogens is 250 g/mol. The van der Waals surface area contributed by atoms with E-state index < -0.39 is 0 Å². The molecule has 1 saturated heterocycles. The van der Waals surface area contributed by atoms with Crippen molar-refractivity contribution >= 4 is 5.91 Å². The van der Waals surface area contributed by atoms with Crippen LogP contribution in [0.15, 0.2) is 30.3 Å². The topological polar surface area (TPSA) is 47.3 Å². The third-order valence-corrected chi connectivity index (χ3v) is 3.77. The Labute approximate surface area is 120 Å². The van der Waals surface area contributed by atoms with Crippen LogP contribution in [0.4, 0.5) is 0 Å². The largest absolute Gasteiger partial charge is 0.336 e. The number of nitriles is 1. The maximum atomic E-state index is 12.3. The van der Waals surface area contributed by atoms with E-state index in [1.54, 1.807) is 0 Å². The van der Waals surface area contributed by atoms with Crippen molar-refractivity contribution in [1.82, 2.24) is 9.80 Å². The third kappa shape index (κ3) is 3.37. The van der Waals surface area contributed by atoms with Crippen LogP contribution in [0.1, 0.15) is 30.1 Å². The first kappa shape index (κ1) is 14.5. The lowest BCUT2D eigenvalue weighted by atomic mass is 10.1. The zero-order valence-electron chi connectivity index (χ0n) is 12.0. The second kappa shape index (κ2) is 7.06. The number of hydrogen-bond acceptors (Lipinski definition) is 3. The third-order valence-electron chi connectivity index (χ3n) is 3.77. The molecule has 2 rings (SSSR count). The van der Waals surface area contributed by atoms with E-state index in [9.17, 15) is 10.1 Å². The van der Waals surface area contributed by atoms with E-state index >= 15 is 0 Å². The predicted molar refractivity (Wildman–Crippen MR) is 78.2 cm³/mol. The molecule has 4 heteroatoms. The summed E-state index contributed by atoms with van der Waals surface area (Å²) in [6.07, 6.45) is 1.92. The Morgan fingerprint density at radius 2 is 1.90 bits per heavy atom. The minimum Gasteiger partial charge on any atom is -0.336 e. The van der Waals surface area contributed by atoms with Gasteiger partial charge in [0.1, 0.15) is 0 Å². The molecule has 1 aromatic carbocycles. The van der Waals surface area contributed by atoms with Gasteiger partial charge in [-0.05, 0) is 18.6 Å². The van der Waals surface area contributed by atoms with Crippen LogP contribution in [-0.2, 0) is 0 Å². The van der Waals surface area contributed by atoms with E-state index in [0.717, 1.165) is 31.5 Å². The highest BCUT2D eigenvalue weighted by molar-refractivity contribution is 5.94. The molecule has 20 heavy (non-hydrogen) atoms. The van der Waals surface area contributed by atoms with Gasteiger partial charge in [-0.3, -0.25) is 9.69 Å². The normalized spacial score (nSPS) is 17.5. The van der Waals surface area contributed by atoms with E-state index in [1.165, 1.54) is 0 Å². The van der Waals surface area contributed by atoms with Crippen LogP contribution in [0.2, 0.25) is 0 Å². The number of nitrogens with zero attached hydrogens (tertiary/aromatic N) is 3. The fourth-order valence-electron chi connectivity index (χ4n) is 2.60. The summed E-state index contributed by atoms with van der Waals surface area (Å²) in [6, 6.07) is 11.8. The predicted octanol–water partition coefficient (Wildman–Crippen LogP) is 2.14. The highest BCUT2D eigenvalue weighted by Crippen LogP contribution is 2.13. The lowest BCUT2D eigenvalue weighted by molar-refractivity contribution is 0.0601. The molecule has 0 bridgehead atoms. The minimum atomic E-state index is -0.00558. The van der Waals surface area contributed by atoms with Crippen LogP contribution in [0, 0.1) is 11.3 Å². The lowest BCUT2D eigenvalue weighted by Gasteiger charge is -2.36. The Hall–Kier alpha value is -1.86. The van der Waals surface area contributed by atoms with E-state index in [-0.39, 0.29) is 11.9 Å². The Kier molecular flexibility index (Phi) is 5.14. The summed E-state index contributed by atoms with van der Waals surface area (Å²) in [4.78, 5) is 16.4. The van der Waals surface area contributed by atoms with Gasteiger partial charge in [0, 0.05) is 31.7 Å². The highest BCUT2D eigenvalue weighted by atomic mass is 16.2. The second-order valence-electron chi connectivity index (χ2n) is 5.13. The Morgan fingerprint density at radius 1 is 1.25 bits per heavy atom. The summed E-state index contributed by atoms with van der Waals surface area (Å²) >= 11 is 0. The molecule has 0 aromatic heterocycles. The molecule has 0 spiro atoms. The number of piperazine rings is 1. The van der Waals surface area contributed by atoms with Crippen LogP contribution in [0.3, 0.4) is 0 Å². The zero-order chi connectivity index (χ0) is 14.4. The molecule has 1 unspecified atom stereocenters. The van der Waals surface area contributed by atoms with Crippen molar-refractivity contribution in [2.45, 2.75) is 25.8 Å². The maximum absolute atomic E-state index is 12.3. The van der Waals surface area contributed by atoms with Crippen molar-refractivity contribution in [2.24, 2.45) is 0 Å². The molecule has 1 atom stereocenters. The van der Waals surface area contributed by atoms with E-state index in [1.807, 2.05) is 35.2 Å². The van der Waals surface area contributed by atoms with Gasteiger partial charge in [-0.15, -0.1) is 0 Å². The molecule has 0 aliphatic carbocycles. The maximum Gasteiger partial charge on any atom is 0.253 e. The lowest BCUT2D eigenvalue weighted by Crippen LogP contribution is -2.51. The summed E-state index contributed by atoms with van der Waals surface area (Å²) in [5.41, 5.74) is 0.742. The number of carbonyl (C=O) groups excluding carboxylic acids is 1. The van der Waals surface area contributed by atoms with Crippen LogP contribution in [0.25, 0.3) is 0 Å². The van der Waals surface area contributed by atoms with Crippen molar-refractivity contribution < 1.29 is 4.79 Å². The molecule has 1 aromatic rings. The summed E-state index contributed by atoms with van der Waals surface area (Å²) < 4.78 is 0. The van der Waals surface area contributed by atoms with Gasteiger partial charge in [0.2, 0.25) is 0 Å². The summed E-state index contributed by atoms with van der Waals surface area (Å²) in [6.45, 7) is 5.08. The first-order chi connectivity index (χ1) is 9.76. The SMILES string of the molecule is CCCC(C#N)N1CCN(C(=O)c2ccccc2)CC1. The Morgan fingerprint density at radius 3 is 2.45 bits per heavy atom. The van der Waals surface area contributed by atoms with Crippen molar-refractivity contribution in [3.8, 4) is 6.07 Å².